The van der Waals surface area contributed by atoms with E-state index in [1.54, 1.807) is 6.08 Å². The summed E-state index contributed by atoms with van der Waals surface area (Å²) in [5, 5.41) is 54.2. The second kappa shape index (κ2) is 40.4. The van der Waals surface area contributed by atoms with Gasteiger partial charge in [-0.1, -0.05) is 182 Å². The molecule has 0 aliphatic carbocycles. The number of aliphatic hydroxyl groups excluding tert-OH is 5. The van der Waals surface area contributed by atoms with Gasteiger partial charge in [0.15, 0.2) is 6.29 Å². The number of aliphatic hydroxyl groups is 5. The monoisotopic (exact) mass is 842 g/mol. The maximum atomic E-state index is 12.9. The first-order valence-corrected chi connectivity index (χ1v) is 23.8. The fourth-order valence-corrected chi connectivity index (χ4v) is 6.91. The molecule has 7 atom stereocenters. The van der Waals surface area contributed by atoms with E-state index in [9.17, 15) is 30.3 Å². The minimum Gasteiger partial charge on any atom is -0.394 e. The Morgan fingerprint density at radius 2 is 1.05 bits per heavy atom. The Hall–Kier alpha value is -2.63. The Morgan fingerprint density at radius 3 is 1.60 bits per heavy atom. The van der Waals surface area contributed by atoms with Gasteiger partial charge in [0.1, 0.15) is 24.4 Å². The largest absolute Gasteiger partial charge is 0.394 e. The smallest absolute Gasteiger partial charge is 0.220 e. The lowest BCUT2D eigenvalue weighted by Crippen LogP contribution is -2.60. The minimum absolute atomic E-state index is 0.228. The van der Waals surface area contributed by atoms with Crippen molar-refractivity contribution in [1.82, 2.24) is 5.32 Å². The number of hydrogen-bond acceptors (Lipinski definition) is 8. The molecule has 0 aromatic rings. The fourth-order valence-electron chi connectivity index (χ4n) is 6.91. The summed E-state index contributed by atoms with van der Waals surface area (Å²) in [6.45, 7) is 3.60. The van der Waals surface area contributed by atoms with Crippen molar-refractivity contribution in [3.05, 3.63) is 85.1 Å². The molecular weight excluding hydrogens is 755 g/mol. The molecule has 7 unspecified atom stereocenters. The van der Waals surface area contributed by atoms with E-state index >= 15 is 0 Å². The van der Waals surface area contributed by atoms with Gasteiger partial charge in [-0.15, -0.1) is 0 Å². The Bertz CT molecular complexity index is 1210. The van der Waals surface area contributed by atoms with Crippen LogP contribution in [0.15, 0.2) is 85.1 Å². The van der Waals surface area contributed by atoms with Gasteiger partial charge in [-0.05, 0) is 70.6 Å². The summed E-state index contributed by atoms with van der Waals surface area (Å²) in [5.74, 6) is -0.247. The van der Waals surface area contributed by atoms with Crippen molar-refractivity contribution in [2.24, 2.45) is 0 Å². The average Bonchev–Trinajstić information content (AvgIpc) is 3.25. The lowest BCUT2D eigenvalue weighted by molar-refractivity contribution is -0.302. The lowest BCUT2D eigenvalue weighted by Gasteiger charge is -2.40. The van der Waals surface area contributed by atoms with Crippen LogP contribution in [0.5, 0.6) is 0 Å². The van der Waals surface area contributed by atoms with Gasteiger partial charge in [-0.25, -0.2) is 0 Å². The number of ether oxygens (including phenoxy) is 2. The third kappa shape index (κ3) is 30.4. The van der Waals surface area contributed by atoms with Crippen molar-refractivity contribution in [2.45, 2.75) is 217 Å². The van der Waals surface area contributed by atoms with E-state index in [1.165, 1.54) is 89.9 Å². The number of nitrogens with one attached hydrogen (secondary N) is 1. The van der Waals surface area contributed by atoms with Gasteiger partial charge >= 0.3 is 0 Å². The number of unbranched alkanes of at least 4 members (excludes halogenated alkanes) is 16. The van der Waals surface area contributed by atoms with E-state index in [0.717, 1.165) is 57.8 Å². The maximum absolute atomic E-state index is 12.9. The number of carbonyl (C=O) groups is 1. The van der Waals surface area contributed by atoms with Gasteiger partial charge in [0, 0.05) is 6.42 Å². The van der Waals surface area contributed by atoms with Crippen LogP contribution in [-0.2, 0) is 14.3 Å². The van der Waals surface area contributed by atoms with Gasteiger partial charge in [0.05, 0.1) is 25.4 Å². The van der Waals surface area contributed by atoms with Crippen LogP contribution >= 0.6 is 0 Å². The van der Waals surface area contributed by atoms with Gasteiger partial charge in [0.25, 0.3) is 0 Å². The topological polar surface area (TPSA) is 149 Å². The highest BCUT2D eigenvalue weighted by atomic mass is 16.7. The zero-order valence-electron chi connectivity index (χ0n) is 37.7. The number of allylic oxidation sites excluding steroid dienone is 13. The normalized spacial score (nSPS) is 21.4. The second-order valence-corrected chi connectivity index (χ2v) is 16.2. The van der Waals surface area contributed by atoms with Crippen LogP contribution in [0.25, 0.3) is 0 Å². The molecule has 6 N–H and O–H groups in total. The van der Waals surface area contributed by atoms with Crippen molar-refractivity contribution in [1.29, 1.82) is 0 Å². The number of hydrogen-bond donors (Lipinski definition) is 6. The van der Waals surface area contributed by atoms with E-state index < -0.39 is 49.5 Å². The molecular formula is C51H87NO8. The Labute approximate surface area is 365 Å². The van der Waals surface area contributed by atoms with Crippen LogP contribution < -0.4 is 5.32 Å². The molecule has 1 saturated heterocycles. The molecule has 0 aromatic heterocycles. The highest BCUT2D eigenvalue weighted by molar-refractivity contribution is 5.76. The van der Waals surface area contributed by atoms with E-state index in [1.807, 2.05) is 6.08 Å². The van der Waals surface area contributed by atoms with Crippen molar-refractivity contribution in [2.75, 3.05) is 13.2 Å². The van der Waals surface area contributed by atoms with Crippen LogP contribution in [0.4, 0.5) is 0 Å². The Kier molecular flexibility index (Phi) is 37.3. The second-order valence-electron chi connectivity index (χ2n) is 16.2. The van der Waals surface area contributed by atoms with Gasteiger partial charge in [0.2, 0.25) is 5.91 Å². The molecule has 1 aliphatic rings. The highest BCUT2D eigenvalue weighted by Gasteiger charge is 2.44. The molecule has 1 heterocycles. The third-order valence-corrected chi connectivity index (χ3v) is 10.7. The van der Waals surface area contributed by atoms with Gasteiger partial charge in [-0.3, -0.25) is 4.79 Å². The molecule has 0 saturated carbocycles. The van der Waals surface area contributed by atoms with Crippen LogP contribution in [-0.4, -0.2) is 87.5 Å². The van der Waals surface area contributed by atoms with E-state index in [2.05, 4.69) is 92.1 Å². The molecule has 0 radical (unpaired) electrons. The zero-order valence-corrected chi connectivity index (χ0v) is 37.7. The summed E-state index contributed by atoms with van der Waals surface area (Å²) in [7, 11) is 0. The van der Waals surface area contributed by atoms with E-state index in [-0.39, 0.29) is 18.9 Å². The van der Waals surface area contributed by atoms with Crippen LogP contribution in [0.3, 0.4) is 0 Å². The van der Waals surface area contributed by atoms with Crippen LogP contribution in [0.1, 0.15) is 174 Å². The molecule has 0 bridgehead atoms. The van der Waals surface area contributed by atoms with Crippen LogP contribution in [0.2, 0.25) is 0 Å². The van der Waals surface area contributed by atoms with Crippen molar-refractivity contribution >= 4 is 5.91 Å². The average molecular weight is 842 g/mol. The molecule has 60 heavy (non-hydrogen) atoms. The van der Waals surface area contributed by atoms with E-state index in [0.29, 0.717) is 6.42 Å². The quantitative estimate of drug-likeness (QED) is 0.0266. The summed E-state index contributed by atoms with van der Waals surface area (Å²) < 4.78 is 11.2. The van der Waals surface area contributed by atoms with Crippen molar-refractivity contribution < 1.29 is 39.8 Å². The molecule has 344 valence electrons. The zero-order chi connectivity index (χ0) is 43.7. The standard InChI is InChI=1S/C51H87NO8/c1-3-5-7-9-11-13-15-17-19-21-22-23-25-26-28-30-32-34-36-38-40-45(54)44(43-59-51-50(58)49(57)48(56)46(42-53)60-51)52-47(55)41-39-37-35-33-31-29-27-24-20-18-16-14-12-10-8-6-4-2/h6,8,12,14,18,20,27,29-30,32-33,35,38,40,44-46,48-51,53-54,56-58H,3-5,7,9-11,13,15-17,19,21-26,28,31,34,36-37,39,41-43H2,1-2H3,(H,52,55)/b8-6-,14-12-,20-18-,29-27-,32-30+,35-33-,40-38+. The highest BCUT2D eigenvalue weighted by Crippen LogP contribution is 2.22. The molecule has 1 fully saturated rings. The first-order valence-electron chi connectivity index (χ1n) is 23.8. The summed E-state index contributed by atoms with van der Waals surface area (Å²) >= 11 is 0. The number of carbonyl (C=O) groups excluding carboxylic acids is 1. The summed E-state index contributed by atoms with van der Waals surface area (Å²) in [5.41, 5.74) is 0. The first-order chi connectivity index (χ1) is 29.3. The molecule has 0 spiro atoms. The SMILES string of the molecule is CC/C=C\C/C=C\C/C=C\C/C=C\C/C=C\CCCC(=O)NC(COC1OC(CO)C(O)C(O)C1O)C(O)/C=C/CC/C=C/CCCCCCCCCCCCCCCC. The number of rotatable bonds is 38. The Morgan fingerprint density at radius 1 is 0.583 bits per heavy atom. The number of amides is 1. The molecule has 1 aliphatic heterocycles. The predicted molar refractivity (Wildman–Crippen MR) is 248 cm³/mol. The Balaban J connectivity index is 2.42. The summed E-state index contributed by atoms with van der Waals surface area (Å²) in [6.07, 6.45) is 49.2. The summed E-state index contributed by atoms with van der Waals surface area (Å²) in [4.78, 5) is 12.9. The minimum atomic E-state index is -1.59. The molecule has 9 heteroatoms. The third-order valence-electron chi connectivity index (χ3n) is 10.7. The predicted octanol–water partition coefficient (Wildman–Crippen LogP) is 10.3. The maximum Gasteiger partial charge on any atom is 0.220 e. The van der Waals surface area contributed by atoms with E-state index in [4.69, 9.17) is 9.47 Å². The first kappa shape index (κ1) is 55.4. The van der Waals surface area contributed by atoms with Gasteiger partial charge < -0.3 is 40.3 Å². The van der Waals surface area contributed by atoms with Crippen molar-refractivity contribution in [3.8, 4) is 0 Å². The summed E-state index contributed by atoms with van der Waals surface area (Å²) in [6, 6.07) is -0.856. The van der Waals surface area contributed by atoms with Crippen LogP contribution in [0, 0.1) is 0 Å². The molecule has 1 amide bonds. The van der Waals surface area contributed by atoms with Crippen molar-refractivity contribution in [3.63, 3.8) is 0 Å². The van der Waals surface area contributed by atoms with Gasteiger partial charge in [-0.2, -0.15) is 0 Å². The molecule has 0 aromatic carbocycles. The molecule has 1 rings (SSSR count). The lowest BCUT2D eigenvalue weighted by atomic mass is 9.99. The fraction of sp³-hybridized carbons (Fsp3) is 0.706. The molecule has 9 nitrogen and oxygen atoms in total.